The normalized spacial score (nSPS) is 10.1. The van der Waals surface area contributed by atoms with E-state index in [-0.39, 0.29) is 12.5 Å². The molecule has 114 valence electrons. The SMILES string of the molecule is COC(=O)CNC(=O)c1cc(Cl)ccc1-c1ccc(Br)cc1. The quantitative estimate of drug-likeness (QED) is 0.821. The smallest absolute Gasteiger partial charge is 0.325 e. The van der Waals surface area contributed by atoms with Gasteiger partial charge in [-0.2, -0.15) is 0 Å². The number of hydrogen-bond acceptors (Lipinski definition) is 3. The highest BCUT2D eigenvalue weighted by Gasteiger charge is 2.14. The zero-order chi connectivity index (χ0) is 16.1. The van der Waals surface area contributed by atoms with Gasteiger partial charge < -0.3 is 10.1 Å². The molecule has 4 nitrogen and oxygen atoms in total. The van der Waals surface area contributed by atoms with E-state index in [1.54, 1.807) is 18.2 Å². The van der Waals surface area contributed by atoms with Gasteiger partial charge in [0, 0.05) is 15.1 Å². The molecule has 0 spiro atoms. The standard InChI is InChI=1S/C16H13BrClNO3/c1-22-15(20)9-19-16(21)14-8-12(18)6-7-13(14)10-2-4-11(17)5-3-10/h2-8H,9H2,1H3,(H,19,21). The Morgan fingerprint density at radius 3 is 2.50 bits per heavy atom. The van der Waals surface area contributed by atoms with Gasteiger partial charge in [-0.1, -0.05) is 45.7 Å². The summed E-state index contributed by atoms with van der Waals surface area (Å²) in [7, 11) is 1.27. The van der Waals surface area contributed by atoms with Crippen LogP contribution in [0.4, 0.5) is 0 Å². The zero-order valence-corrected chi connectivity index (χ0v) is 14.1. The predicted octanol–water partition coefficient (Wildman–Crippen LogP) is 3.67. The number of rotatable bonds is 4. The van der Waals surface area contributed by atoms with Crippen LogP contribution in [-0.2, 0) is 9.53 Å². The number of nitrogens with one attached hydrogen (secondary N) is 1. The molecule has 0 aromatic heterocycles. The molecule has 0 bridgehead atoms. The van der Waals surface area contributed by atoms with Crippen LogP contribution >= 0.6 is 27.5 Å². The molecule has 6 heteroatoms. The minimum atomic E-state index is -0.513. The zero-order valence-electron chi connectivity index (χ0n) is 11.7. The number of carbonyl (C=O) groups excluding carboxylic acids is 2. The van der Waals surface area contributed by atoms with Gasteiger partial charge in [0.2, 0.25) is 0 Å². The minimum absolute atomic E-state index is 0.193. The Hall–Kier alpha value is -1.85. The van der Waals surface area contributed by atoms with Gasteiger partial charge in [0.05, 0.1) is 7.11 Å². The van der Waals surface area contributed by atoms with Gasteiger partial charge in [-0.25, -0.2) is 0 Å². The van der Waals surface area contributed by atoms with Crippen LogP contribution in [0.25, 0.3) is 11.1 Å². The average molecular weight is 383 g/mol. The van der Waals surface area contributed by atoms with Crippen molar-refractivity contribution in [2.75, 3.05) is 13.7 Å². The Bertz CT molecular complexity index is 701. The first-order chi connectivity index (χ1) is 10.5. The molecule has 0 aliphatic heterocycles. The van der Waals surface area contributed by atoms with Crippen LogP contribution in [0.3, 0.4) is 0 Å². The number of amides is 1. The molecule has 0 aliphatic rings. The molecular formula is C16H13BrClNO3. The molecule has 2 rings (SSSR count). The first kappa shape index (κ1) is 16.5. The Labute approximate surface area is 141 Å². The summed E-state index contributed by atoms with van der Waals surface area (Å²) in [5.41, 5.74) is 2.01. The largest absolute Gasteiger partial charge is 0.468 e. The van der Waals surface area contributed by atoms with Gasteiger partial charge in [0.15, 0.2) is 0 Å². The van der Waals surface area contributed by atoms with Crippen molar-refractivity contribution in [1.82, 2.24) is 5.32 Å². The van der Waals surface area contributed by atoms with E-state index in [2.05, 4.69) is 26.0 Å². The Balaban J connectivity index is 2.33. The molecule has 0 fully saturated rings. The molecule has 0 saturated carbocycles. The lowest BCUT2D eigenvalue weighted by atomic mass is 9.99. The van der Waals surface area contributed by atoms with Crippen LogP contribution < -0.4 is 5.32 Å². The van der Waals surface area contributed by atoms with Gasteiger partial charge in [0.1, 0.15) is 6.54 Å². The first-order valence-electron chi connectivity index (χ1n) is 6.42. The summed E-state index contributed by atoms with van der Waals surface area (Å²) in [4.78, 5) is 23.4. The van der Waals surface area contributed by atoms with Crippen molar-refractivity contribution < 1.29 is 14.3 Å². The van der Waals surface area contributed by atoms with Crippen molar-refractivity contribution in [2.45, 2.75) is 0 Å². The molecule has 0 atom stereocenters. The molecule has 1 amide bonds. The van der Waals surface area contributed by atoms with Crippen molar-refractivity contribution in [3.8, 4) is 11.1 Å². The molecule has 0 heterocycles. The van der Waals surface area contributed by atoms with E-state index in [9.17, 15) is 9.59 Å². The highest BCUT2D eigenvalue weighted by Crippen LogP contribution is 2.27. The van der Waals surface area contributed by atoms with E-state index in [1.807, 2.05) is 24.3 Å². The second-order valence-corrected chi connectivity index (χ2v) is 5.81. The Morgan fingerprint density at radius 2 is 1.86 bits per heavy atom. The van der Waals surface area contributed by atoms with Crippen molar-refractivity contribution in [2.24, 2.45) is 0 Å². The molecule has 0 saturated heterocycles. The minimum Gasteiger partial charge on any atom is -0.468 e. The van der Waals surface area contributed by atoms with Crippen LogP contribution in [0.15, 0.2) is 46.9 Å². The predicted molar refractivity (Wildman–Crippen MR) is 88.9 cm³/mol. The van der Waals surface area contributed by atoms with Gasteiger partial charge in [-0.15, -0.1) is 0 Å². The summed E-state index contributed by atoms with van der Waals surface area (Å²) in [6.07, 6.45) is 0. The maximum absolute atomic E-state index is 12.3. The summed E-state index contributed by atoms with van der Waals surface area (Å²) in [5.74, 6) is -0.897. The van der Waals surface area contributed by atoms with Crippen LogP contribution in [0.2, 0.25) is 5.02 Å². The molecule has 1 N–H and O–H groups in total. The summed E-state index contributed by atoms with van der Waals surface area (Å²) in [5, 5.41) is 2.97. The lowest BCUT2D eigenvalue weighted by Gasteiger charge is -2.11. The monoisotopic (exact) mass is 381 g/mol. The summed E-state index contributed by atoms with van der Waals surface area (Å²) in [6, 6.07) is 12.6. The highest BCUT2D eigenvalue weighted by atomic mass is 79.9. The summed E-state index contributed by atoms with van der Waals surface area (Å²) >= 11 is 9.36. The van der Waals surface area contributed by atoms with Crippen molar-refractivity contribution in [3.05, 3.63) is 57.5 Å². The van der Waals surface area contributed by atoms with E-state index in [0.29, 0.717) is 10.6 Å². The molecule has 0 radical (unpaired) electrons. The number of carbonyl (C=O) groups is 2. The van der Waals surface area contributed by atoms with Crippen molar-refractivity contribution >= 4 is 39.4 Å². The van der Waals surface area contributed by atoms with E-state index in [1.165, 1.54) is 7.11 Å². The molecule has 0 aliphatic carbocycles. The number of esters is 1. The number of benzene rings is 2. The lowest BCUT2D eigenvalue weighted by molar-refractivity contribution is -0.139. The number of ether oxygens (including phenoxy) is 1. The number of methoxy groups -OCH3 is 1. The fourth-order valence-electron chi connectivity index (χ4n) is 1.91. The van der Waals surface area contributed by atoms with E-state index in [4.69, 9.17) is 11.6 Å². The number of halogens is 2. The van der Waals surface area contributed by atoms with Gasteiger partial charge in [-0.3, -0.25) is 9.59 Å². The van der Waals surface area contributed by atoms with E-state index >= 15 is 0 Å². The topological polar surface area (TPSA) is 55.4 Å². The second kappa shape index (κ2) is 7.42. The Morgan fingerprint density at radius 1 is 1.18 bits per heavy atom. The molecular weight excluding hydrogens is 370 g/mol. The molecule has 2 aromatic carbocycles. The van der Waals surface area contributed by atoms with Gasteiger partial charge in [0.25, 0.3) is 5.91 Å². The molecule has 2 aromatic rings. The van der Waals surface area contributed by atoms with Crippen LogP contribution in [0.1, 0.15) is 10.4 Å². The van der Waals surface area contributed by atoms with Crippen molar-refractivity contribution in [1.29, 1.82) is 0 Å². The van der Waals surface area contributed by atoms with Gasteiger partial charge in [-0.05, 0) is 35.4 Å². The molecule has 0 unspecified atom stereocenters. The van der Waals surface area contributed by atoms with Crippen LogP contribution in [0, 0.1) is 0 Å². The Kier molecular flexibility index (Phi) is 5.57. The number of hydrogen-bond donors (Lipinski definition) is 1. The molecule has 22 heavy (non-hydrogen) atoms. The van der Waals surface area contributed by atoms with E-state index < -0.39 is 5.97 Å². The average Bonchev–Trinajstić information content (AvgIpc) is 2.53. The first-order valence-corrected chi connectivity index (χ1v) is 7.59. The fraction of sp³-hybridized carbons (Fsp3) is 0.125. The third kappa shape index (κ3) is 4.08. The van der Waals surface area contributed by atoms with E-state index in [0.717, 1.165) is 15.6 Å². The van der Waals surface area contributed by atoms with Crippen LogP contribution in [0.5, 0.6) is 0 Å². The summed E-state index contributed by atoms with van der Waals surface area (Å²) < 4.78 is 5.45. The highest BCUT2D eigenvalue weighted by molar-refractivity contribution is 9.10. The maximum atomic E-state index is 12.3. The fourth-order valence-corrected chi connectivity index (χ4v) is 2.34. The second-order valence-electron chi connectivity index (χ2n) is 4.46. The third-order valence-electron chi connectivity index (χ3n) is 3.00. The summed E-state index contributed by atoms with van der Waals surface area (Å²) in [6.45, 7) is -0.193. The van der Waals surface area contributed by atoms with Crippen LogP contribution in [-0.4, -0.2) is 25.5 Å². The van der Waals surface area contributed by atoms with Crippen molar-refractivity contribution in [3.63, 3.8) is 0 Å². The van der Waals surface area contributed by atoms with Gasteiger partial charge >= 0.3 is 5.97 Å². The third-order valence-corrected chi connectivity index (χ3v) is 3.77. The lowest BCUT2D eigenvalue weighted by Crippen LogP contribution is -2.30. The maximum Gasteiger partial charge on any atom is 0.325 e.